The number of carbonyl (C=O) groups is 1. The zero-order chi connectivity index (χ0) is 10.0. The van der Waals surface area contributed by atoms with E-state index in [1.54, 1.807) is 4.90 Å². The van der Waals surface area contributed by atoms with Gasteiger partial charge in [-0.25, -0.2) is 0 Å². The molecule has 5 heteroatoms. The lowest BCUT2D eigenvalue weighted by atomic mass is 10.1. The second kappa shape index (κ2) is 4.02. The van der Waals surface area contributed by atoms with Gasteiger partial charge in [-0.05, 0) is 13.8 Å². The molecule has 1 saturated heterocycles. The minimum atomic E-state index is -0.0325. The lowest BCUT2D eigenvalue weighted by molar-refractivity contribution is -0.129. The third-order valence-corrected chi connectivity index (χ3v) is 2.69. The molecule has 1 atom stereocenters. The zero-order valence-electron chi connectivity index (χ0n) is 7.78. The molecule has 1 amide bonds. The first-order valence-corrected chi connectivity index (χ1v) is 4.70. The monoisotopic (exact) mass is 202 g/mol. The van der Waals surface area contributed by atoms with Crippen LogP contribution in [0.5, 0.6) is 0 Å². The van der Waals surface area contributed by atoms with Crippen LogP contribution >= 0.6 is 12.2 Å². The van der Waals surface area contributed by atoms with E-state index >= 15 is 0 Å². The number of amides is 1. The number of carbonyl (C=O) groups excluding carboxylic acids is 1. The van der Waals surface area contributed by atoms with Crippen LogP contribution in [0.25, 0.3) is 0 Å². The number of nitrogens with zero attached hydrogens (tertiary/aromatic N) is 1. The van der Waals surface area contributed by atoms with Crippen LogP contribution in [0.3, 0.4) is 0 Å². The third-order valence-electron chi connectivity index (χ3n) is 2.26. The van der Waals surface area contributed by atoms with E-state index in [1.165, 1.54) is 0 Å². The number of hydroxylamine groups is 1. The Hall–Kier alpha value is -0.680. The summed E-state index contributed by atoms with van der Waals surface area (Å²) in [6.07, 6.45) is 0.407. The highest BCUT2D eigenvalue weighted by atomic mass is 32.1. The fourth-order valence-corrected chi connectivity index (χ4v) is 1.66. The van der Waals surface area contributed by atoms with E-state index in [0.29, 0.717) is 18.0 Å². The van der Waals surface area contributed by atoms with E-state index in [-0.39, 0.29) is 17.9 Å². The van der Waals surface area contributed by atoms with Gasteiger partial charge in [0.1, 0.15) is 4.99 Å². The highest BCUT2D eigenvalue weighted by Gasteiger charge is 2.33. The van der Waals surface area contributed by atoms with Crippen LogP contribution in [0.4, 0.5) is 0 Å². The van der Waals surface area contributed by atoms with Crippen LogP contribution in [0.15, 0.2) is 0 Å². The van der Waals surface area contributed by atoms with Gasteiger partial charge in [0.2, 0.25) is 5.91 Å². The number of thiocarbonyl (C=S) groups is 1. The summed E-state index contributed by atoms with van der Waals surface area (Å²) in [5.74, 6) is 0.0764. The first-order chi connectivity index (χ1) is 6.06. The van der Waals surface area contributed by atoms with Gasteiger partial charge < -0.3 is 4.90 Å². The summed E-state index contributed by atoms with van der Waals surface area (Å²) < 4.78 is 0. The highest BCUT2D eigenvalue weighted by Crippen LogP contribution is 2.20. The summed E-state index contributed by atoms with van der Waals surface area (Å²) in [6, 6.07) is 0.207. The average Bonchev–Trinajstić information content (AvgIpc) is 2.46. The van der Waals surface area contributed by atoms with Crippen molar-refractivity contribution in [2.75, 3.05) is 6.54 Å². The molecule has 2 N–H and O–H groups in total. The minimum absolute atomic E-state index is 0.0325. The predicted molar refractivity (Wildman–Crippen MR) is 52.5 cm³/mol. The summed E-state index contributed by atoms with van der Waals surface area (Å²) in [5, 5.41) is 8.59. The van der Waals surface area contributed by atoms with Gasteiger partial charge in [0.05, 0.1) is 0 Å². The lowest BCUT2D eigenvalue weighted by Gasteiger charge is -2.20. The maximum absolute atomic E-state index is 11.4. The highest BCUT2D eigenvalue weighted by molar-refractivity contribution is 7.80. The molecular formula is C8H14N2O2S. The molecule has 13 heavy (non-hydrogen) atoms. The smallest absolute Gasteiger partial charge is 0.223 e. The molecule has 1 heterocycles. The normalized spacial score (nSPS) is 22.6. The van der Waals surface area contributed by atoms with Crippen LogP contribution in [0.1, 0.15) is 20.3 Å². The molecule has 0 aromatic rings. The van der Waals surface area contributed by atoms with E-state index in [9.17, 15) is 4.79 Å². The van der Waals surface area contributed by atoms with Gasteiger partial charge in [0.25, 0.3) is 0 Å². The summed E-state index contributed by atoms with van der Waals surface area (Å²) in [5.41, 5.74) is 1.94. The molecule has 1 unspecified atom stereocenters. The Labute approximate surface area is 82.9 Å². The molecule has 1 aliphatic heterocycles. The van der Waals surface area contributed by atoms with Crippen molar-refractivity contribution in [1.82, 2.24) is 10.4 Å². The molecule has 0 aromatic heterocycles. The van der Waals surface area contributed by atoms with Crippen molar-refractivity contribution in [3.8, 4) is 0 Å². The van der Waals surface area contributed by atoms with E-state index in [1.807, 2.05) is 19.3 Å². The molecule has 0 aliphatic carbocycles. The van der Waals surface area contributed by atoms with Crippen molar-refractivity contribution in [3.05, 3.63) is 0 Å². The largest absolute Gasteiger partial charge is 0.340 e. The summed E-state index contributed by atoms with van der Waals surface area (Å²) >= 11 is 4.87. The predicted octanol–water partition coefficient (Wildman–Crippen LogP) is 0.550. The quantitative estimate of drug-likeness (QED) is 0.507. The number of likely N-dealkylation sites (tertiary alicyclic amines) is 1. The fourth-order valence-electron chi connectivity index (χ4n) is 1.50. The Balaban J connectivity index is 2.60. The van der Waals surface area contributed by atoms with E-state index in [0.717, 1.165) is 0 Å². The Morgan fingerprint density at radius 3 is 2.77 bits per heavy atom. The fraction of sp³-hybridized carbons (Fsp3) is 0.750. The number of rotatable bonds is 2. The Kier molecular flexibility index (Phi) is 3.22. The summed E-state index contributed by atoms with van der Waals surface area (Å²) in [4.78, 5) is 13.5. The van der Waals surface area contributed by atoms with Crippen molar-refractivity contribution in [2.45, 2.75) is 26.3 Å². The molecule has 74 valence electrons. The van der Waals surface area contributed by atoms with Crippen molar-refractivity contribution in [2.24, 2.45) is 5.92 Å². The van der Waals surface area contributed by atoms with E-state index in [2.05, 4.69) is 0 Å². The Bertz CT molecular complexity index is 230. The lowest BCUT2D eigenvalue weighted by Crippen LogP contribution is -2.34. The Morgan fingerprint density at radius 1 is 1.77 bits per heavy atom. The second-order valence-electron chi connectivity index (χ2n) is 3.52. The second-order valence-corrected chi connectivity index (χ2v) is 3.96. The topological polar surface area (TPSA) is 52.6 Å². The van der Waals surface area contributed by atoms with E-state index in [4.69, 9.17) is 17.4 Å². The first kappa shape index (κ1) is 10.4. The van der Waals surface area contributed by atoms with Gasteiger partial charge in [-0.15, -0.1) is 0 Å². The van der Waals surface area contributed by atoms with Crippen molar-refractivity contribution >= 4 is 23.1 Å². The van der Waals surface area contributed by atoms with Gasteiger partial charge in [-0.3, -0.25) is 15.5 Å². The molecule has 1 aliphatic rings. The van der Waals surface area contributed by atoms with Crippen molar-refractivity contribution in [1.29, 1.82) is 0 Å². The number of hydrogen-bond acceptors (Lipinski definition) is 3. The summed E-state index contributed by atoms with van der Waals surface area (Å²) in [6.45, 7) is 4.55. The molecule has 0 bridgehead atoms. The number of hydrogen-bond donors (Lipinski definition) is 2. The third kappa shape index (κ3) is 2.16. The maximum Gasteiger partial charge on any atom is 0.223 e. The zero-order valence-corrected chi connectivity index (χ0v) is 8.60. The van der Waals surface area contributed by atoms with Gasteiger partial charge in [-0.1, -0.05) is 12.2 Å². The van der Waals surface area contributed by atoms with Crippen LogP contribution in [-0.2, 0) is 4.79 Å². The Morgan fingerprint density at radius 2 is 2.38 bits per heavy atom. The standard InChI is InChI=1S/C8H14N2O2S/c1-5(2)10-4-6(3-7(10)11)8(13)9-12/h5-6,12H,3-4H2,1-2H3,(H,9,13). The summed E-state index contributed by atoms with van der Waals surface area (Å²) in [7, 11) is 0. The molecule has 1 rings (SSSR count). The van der Waals surface area contributed by atoms with Crippen molar-refractivity contribution in [3.63, 3.8) is 0 Å². The van der Waals surface area contributed by atoms with Gasteiger partial charge in [-0.2, -0.15) is 0 Å². The molecule has 0 saturated carbocycles. The minimum Gasteiger partial charge on any atom is -0.340 e. The van der Waals surface area contributed by atoms with Gasteiger partial charge >= 0.3 is 0 Å². The van der Waals surface area contributed by atoms with Crippen LogP contribution in [-0.4, -0.2) is 33.6 Å². The molecule has 0 spiro atoms. The van der Waals surface area contributed by atoms with Crippen LogP contribution in [0.2, 0.25) is 0 Å². The van der Waals surface area contributed by atoms with Crippen LogP contribution < -0.4 is 5.48 Å². The molecular weight excluding hydrogens is 188 g/mol. The van der Waals surface area contributed by atoms with Crippen LogP contribution in [0, 0.1) is 5.92 Å². The molecule has 4 nitrogen and oxygen atoms in total. The SMILES string of the molecule is CC(C)N1CC(C(=S)NO)CC1=O. The van der Waals surface area contributed by atoms with E-state index < -0.39 is 0 Å². The van der Waals surface area contributed by atoms with Gasteiger partial charge in [0.15, 0.2) is 0 Å². The maximum atomic E-state index is 11.4. The molecule has 1 fully saturated rings. The average molecular weight is 202 g/mol. The van der Waals surface area contributed by atoms with Gasteiger partial charge in [0, 0.05) is 24.9 Å². The molecule has 0 aromatic carbocycles. The van der Waals surface area contributed by atoms with Crippen molar-refractivity contribution < 1.29 is 10.0 Å². The first-order valence-electron chi connectivity index (χ1n) is 4.29. The molecule has 0 radical (unpaired) electrons. The number of nitrogens with one attached hydrogen (secondary N) is 1.